The van der Waals surface area contributed by atoms with E-state index in [0.29, 0.717) is 6.54 Å². The summed E-state index contributed by atoms with van der Waals surface area (Å²) in [6, 6.07) is 0. The second-order valence-electron chi connectivity index (χ2n) is 3.52. The normalized spacial score (nSPS) is 18.1. The van der Waals surface area contributed by atoms with Crippen molar-refractivity contribution in [2.45, 2.75) is 6.92 Å². The lowest BCUT2D eigenvalue weighted by atomic mass is 10.0. The highest BCUT2D eigenvalue weighted by Gasteiger charge is 2.25. The van der Waals surface area contributed by atoms with E-state index in [0.717, 1.165) is 13.1 Å². The zero-order valence-electron chi connectivity index (χ0n) is 8.50. The Balaban J connectivity index is 2.18. The van der Waals surface area contributed by atoms with Gasteiger partial charge in [-0.3, -0.25) is 9.59 Å². The van der Waals surface area contributed by atoms with Crippen LogP contribution in [0.25, 0.3) is 0 Å². The number of methoxy groups -OCH3 is 1. The fraction of sp³-hybridized carbons (Fsp3) is 0.778. The maximum Gasteiger partial charge on any atom is 0.310 e. The summed E-state index contributed by atoms with van der Waals surface area (Å²) in [5.74, 6) is -0.492. The molecule has 0 aromatic rings. The Labute approximate surface area is 83.2 Å². The predicted molar refractivity (Wildman–Crippen MR) is 50.5 cm³/mol. The van der Waals surface area contributed by atoms with Gasteiger partial charge in [0.15, 0.2) is 0 Å². The van der Waals surface area contributed by atoms with Gasteiger partial charge in [-0.2, -0.15) is 0 Å². The van der Waals surface area contributed by atoms with Crippen molar-refractivity contribution in [2.24, 2.45) is 11.8 Å². The predicted octanol–water partition coefficient (Wildman–Crippen LogP) is -0.869. The van der Waals surface area contributed by atoms with Crippen LogP contribution >= 0.6 is 0 Å². The largest absolute Gasteiger partial charge is 0.469 e. The Kier molecular flexibility index (Phi) is 3.88. The van der Waals surface area contributed by atoms with E-state index < -0.39 is 0 Å². The van der Waals surface area contributed by atoms with Crippen molar-refractivity contribution < 1.29 is 14.3 Å². The Morgan fingerprint density at radius 2 is 2.21 bits per heavy atom. The SMILES string of the molecule is COC(=O)C(C)CNC(=O)C1CNC1. The monoisotopic (exact) mass is 200 g/mol. The molecule has 1 amide bonds. The van der Waals surface area contributed by atoms with Crippen LogP contribution in [0.2, 0.25) is 0 Å². The average Bonchev–Trinajstić information content (AvgIpc) is 2.10. The molecule has 0 aromatic carbocycles. The van der Waals surface area contributed by atoms with Crippen LogP contribution < -0.4 is 10.6 Å². The van der Waals surface area contributed by atoms with E-state index in [-0.39, 0.29) is 23.7 Å². The molecule has 5 heteroatoms. The molecule has 1 rings (SSSR count). The zero-order valence-corrected chi connectivity index (χ0v) is 8.50. The fourth-order valence-corrected chi connectivity index (χ4v) is 1.16. The lowest BCUT2D eigenvalue weighted by Crippen LogP contribution is -2.51. The first kappa shape index (κ1) is 11.0. The highest BCUT2D eigenvalue weighted by molar-refractivity contribution is 5.81. The molecular weight excluding hydrogens is 184 g/mol. The van der Waals surface area contributed by atoms with Crippen molar-refractivity contribution in [1.82, 2.24) is 10.6 Å². The topological polar surface area (TPSA) is 67.4 Å². The standard InChI is InChI=1S/C9H16N2O3/c1-6(9(13)14-2)3-11-8(12)7-4-10-5-7/h6-7,10H,3-5H2,1-2H3,(H,11,12). The van der Waals surface area contributed by atoms with Gasteiger partial charge in [0.25, 0.3) is 0 Å². The van der Waals surface area contributed by atoms with Gasteiger partial charge in [0.1, 0.15) is 0 Å². The molecule has 1 unspecified atom stereocenters. The van der Waals surface area contributed by atoms with Gasteiger partial charge in [-0.15, -0.1) is 0 Å². The van der Waals surface area contributed by atoms with E-state index in [9.17, 15) is 9.59 Å². The minimum absolute atomic E-state index is 0.0134. The van der Waals surface area contributed by atoms with Crippen LogP contribution in [0.5, 0.6) is 0 Å². The number of ether oxygens (including phenoxy) is 1. The maximum absolute atomic E-state index is 11.3. The summed E-state index contributed by atoms with van der Waals surface area (Å²) in [4.78, 5) is 22.3. The Morgan fingerprint density at radius 3 is 2.64 bits per heavy atom. The fourth-order valence-electron chi connectivity index (χ4n) is 1.16. The van der Waals surface area contributed by atoms with Gasteiger partial charge in [0, 0.05) is 19.6 Å². The van der Waals surface area contributed by atoms with Crippen LogP contribution in [0.1, 0.15) is 6.92 Å². The smallest absolute Gasteiger partial charge is 0.310 e. The van der Waals surface area contributed by atoms with Crippen molar-refractivity contribution in [3.8, 4) is 0 Å². The molecule has 1 saturated heterocycles. The number of amides is 1. The first-order chi connectivity index (χ1) is 6.65. The van der Waals surface area contributed by atoms with Crippen molar-refractivity contribution in [3.63, 3.8) is 0 Å². The van der Waals surface area contributed by atoms with E-state index in [2.05, 4.69) is 15.4 Å². The molecule has 0 radical (unpaired) electrons. The van der Waals surface area contributed by atoms with E-state index in [1.54, 1.807) is 6.92 Å². The number of esters is 1. The molecule has 1 fully saturated rings. The molecule has 14 heavy (non-hydrogen) atoms. The third-order valence-electron chi connectivity index (χ3n) is 2.34. The molecule has 1 aliphatic rings. The molecule has 0 aromatic heterocycles. The van der Waals surface area contributed by atoms with Gasteiger partial charge in [-0.05, 0) is 0 Å². The van der Waals surface area contributed by atoms with Crippen molar-refractivity contribution in [3.05, 3.63) is 0 Å². The van der Waals surface area contributed by atoms with E-state index >= 15 is 0 Å². The number of hydrogen-bond donors (Lipinski definition) is 2. The van der Waals surface area contributed by atoms with E-state index in [1.807, 2.05) is 0 Å². The van der Waals surface area contributed by atoms with Crippen molar-refractivity contribution >= 4 is 11.9 Å². The molecule has 0 aliphatic carbocycles. The maximum atomic E-state index is 11.3. The Morgan fingerprint density at radius 1 is 1.57 bits per heavy atom. The first-order valence-corrected chi connectivity index (χ1v) is 4.71. The number of nitrogens with one attached hydrogen (secondary N) is 2. The summed E-state index contributed by atoms with van der Waals surface area (Å²) in [6.45, 7) is 3.55. The van der Waals surface area contributed by atoms with Crippen LogP contribution in [0.15, 0.2) is 0 Å². The summed E-state index contributed by atoms with van der Waals surface area (Å²) in [5, 5.41) is 5.73. The zero-order chi connectivity index (χ0) is 10.6. The Hall–Kier alpha value is -1.10. The molecule has 5 nitrogen and oxygen atoms in total. The molecule has 1 aliphatic heterocycles. The number of carbonyl (C=O) groups excluding carboxylic acids is 2. The van der Waals surface area contributed by atoms with E-state index in [4.69, 9.17) is 0 Å². The van der Waals surface area contributed by atoms with Crippen LogP contribution in [0.4, 0.5) is 0 Å². The van der Waals surface area contributed by atoms with Crippen molar-refractivity contribution in [2.75, 3.05) is 26.7 Å². The quantitative estimate of drug-likeness (QED) is 0.579. The first-order valence-electron chi connectivity index (χ1n) is 4.71. The number of rotatable bonds is 4. The summed E-state index contributed by atoms with van der Waals surface area (Å²) in [7, 11) is 1.34. The van der Waals surface area contributed by atoms with Crippen LogP contribution in [-0.4, -0.2) is 38.6 Å². The van der Waals surface area contributed by atoms with Crippen LogP contribution in [-0.2, 0) is 14.3 Å². The summed E-state index contributed by atoms with van der Waals surface area (Å²) >= 11 is 0. The van der Waals surface area contributed by atoms with Crippen LogP contribution in [0.3, 0.4) is 0 Å². The molecule has 1 atom stereocenters. The van der Waals surface area contributed by atoms with Gasteiger partial charge in [0.05, 0.1) is 18.9 Å². The lowest BCUT2D eigenvalue weighted by molar-refractivity contribution is -0.144. The minimum Gasteiger partial charge on any atom is -0.469 e. The average molecular weight is 200 g/mol. The van der Waals surface area contributed by atoms with Gasteiger partial charge < -0.3 is 15.4 Å². The van der Waals surface area contributed by atoms with Gasteiger partial charge in [-0.1, -0.05) is 6.92 Å². The van der Waals surface area contributed by atoms with Crippen molar-refractivity contribution in [1.29, 1.82) is 0 Å². The third kappa shape index (κ3) is 2.70. The summed E-state index contributed by atoms with van der Waals surface area (Å²) in [5.41, 5.74) is 0. The minimum atomic E-state index is -0.294. The molecular formula is C9H16N2O3. The Bertz CT molecular complexity index is 226. The third-order valence-corrected chi connectivity index (χ3v) is 2.34. The second-order valence-corrected chi connectivity index (χ2v) is 3.52. The lowest BCUT2D eigenvalue weighted by Gasteiger charge is -2.26. The second kappa shape index (κ2) is 4.95. The summed E-state index contributed by atoms with van der Waals surface area (Å²) < 4.78 is 4.54. The molecule has 2 N–H and O–H groups in total. The van der Waals surface area contributed by atoms with Gasteiger partial charge in [0.2, 0.25) is 5.91 Å². The highest BCUT2D eigenvalue weighted by Crippen LogP contribution is 2.03. The van der Waals surface area contributed by atoms with E-state index in [1.165, 1.54) is 7.11 Å². The molecule has 0 spiro atoms. The summed E-state index contributed by atoms with van der Waals surface area (Å²) in [6.07, 6.45) is 0. The highest BCUT2D eigenvalue weighted by atomic mass is 16.5. The number of carbonyl (C=O) groups is 2. The molecule has 0 bridgehead atoms. The molecule has 1 heterocycles. The molecule has 0 saturated carbocycles. The van der Waals surface area contributed by atoms with Crippen LogP contribution in [0, 0.1) is 11.8 Å². The molecule has 80 valence electrons. The number of hydrogen-bond acceptors (Lipinski definition) is 4. The van der Waals surface area contributed by atoms with Gasteiger partial charge in [-0.25, -0.2) is 0 Å². The van der Waals surface area contributed by atoms with Gasteiger partial charge >= 0.3 is 5.97 Å².